The second-order valence-corrected chi connectivity index (χ2v) is 5.92. The Morgan fingerprint density at radius 3 is 2.35 bits per heavy atom. The molecule has 2 aromatic rings. The third-order valence-corrected chi connectivity index (χ3v) is 3.94. The molecule has 6 nitrogen and oxygen atoms in total. The van der Waals surface area contributed by atoms with Gasteiger partial charge in [0.2, 0.25) is 11.8 Å². The van der Waals surface area contributed by atoms with Gasteiger partial charge in [-0.2, -0.15) is 0 Å². The number of benzene rings is 2. The molecule has 26 heavy (non-hydrogen) atoms. The van der Waals surface area contributed by atoms with Crippen LogP contribution >= 0.6 is 11.6 Å². The minimum atomic E-state index is -0.535. The Labute approximate surface area is 156 Å². The number of carbonyl (C=O) groups excluding carboxylic acids is 3. The van der Waals surface area contributed by atoms with E-state index in [0.717, 1.165) is 0 Å². The van der Waals surface area contributed by atoms with Crippen LogP contribution in [0.1, 0.15) is 23.7 Å². The monoisotopic (exact) mass is 374 g/mol. The van der Waals surface area contributed by atoms with Gasteiger partial charge in [-0.05, 0) is 36.4 Å². The fraction of sp³-hybridized carbons (Fsp3) is 0.211. The van der Waals surface area contributed by atoms with Crippen molar-refractivity contribution < 1.29 is 19.1 Å². The number of hydrogen-bond acceptors (Lipinski definition) is 4. The number of anilines is 2. The predicted molar refractivity (Wildman–Crippen MR) is 101 cm³/mol. The zero-order valence-corrected chi connectivity index (χ0v) is 15.2. The molecule has 0 aliphatic rings. The Balaban J connectivity index is 2.04. The van der Waals surface area contributed by atoms with Crippen LogP contribution < -0.4 is 10.2 Å². The van der Waals surface area contributed by atoms with Gasteiger partial charge in [0.1, 0.15) is 0 Å². The van der Waals surface area contributed by atoms with Crippen molar-refractivity contribution in [3.8, 4) is 0 Å². The van der Waals surface area contributed by atoms with Gasteiger partial charge in [-0.1, -0.05) is 23.7 Å². The van der Waals surface area contributed by atoms with E-state index < -0.39 is 5.97 Å². The number of amides is 2. The third kappa shape index (κ3) is 5.07. The number of halogens is 1. The van der Waals surface area contributed by atoms with E-state index in [0.29, 0.717) is 16.4 Å². The standard InChI is InChI=1S/C19H19ClN2O4/c1-13(23)22(15-9-7-14(20)8-10-15)12-11-18(24)21-17-6-4-3-5-16(17)19(25)26-2/h3-10H,11-12H2,1-2H3,(H,21,24). The molecule has 136 valence electrons. The first-order valence-electron chi connectivity index (χ1n) is 7.93. The molecule has 0 spiro atoms. The summed E-state index contributed by atoms with van der Waals surface area (Å²) in [5, 5.41) is 3.25. The summed E-state index contributed by atoms with van der Waals surface area (Å²) in [6.45, 7) is 1.63. The number of para-hydroxylation sites is 1. The van der Waals surface area contributed by atoms with Gasteiger partial charge in [0.25, 0.3) is 0 Å². The van der Waals surface area contributed by atoms with Crippen LogP contribution in [0.5, 0.6) is 0 Å². The summed E-state index contributed by atoms with van der Waals surface area (Å²) in [5.41, 5.74) is 1.29. The molecule has 7 heteroatoms. The van der Waals surface area contributed by atoms with Gasteiger partial charge in [-0.25, -0.2) is 4.79 Å². The zero-order valence-electron chi connectivity index (χ0n) is 14.5. The lowest BCUT2D eigenvalue weighted by atomic mass is 10.1. The smallest absolute Gasteiger partial charge is 0.339 e. The summed E-state index contributed by atoms with van der Waals surface area (Å²) in [5.74, 6) is -1.04. The van der Waals surface area contributed by atoms with Gasteiger partial charge < -0.3 is 15.0 Å². The van der Waals surface area contributed by atoms with E-state index in [2.05, 4.69) is 5.32 Å². The largest absolute Gasteiger partial charge is 0.465 e. The molecule has 0 aliphatic carbocycles. The molecular weight excluding hydrogens is 356 g/mol. The SMILES string of the molecule is COC(=O)c1ccccc1NC(=O)CCN(C(C)=O)c1ccc(Cl)cc1. The molecule has 0 saturated carbocycles. The summed E-state index contributed by atoms with van der Waals surface area (Å²) in [6.07, 6.45) is 0.0672. The number of ether oxygens (including phenoxy) is 1. The van der Waals surface area contributed by atoms with E-state index >= 15 is 0 Å². The first-order chi connectivity index (χ1) is 12.4. The highest BCUT2D eigenvalue weighted by Gasteiger charge is 2.16. The highest BCUT2D eigenvalue weighted by Crippen LogP contribution is 2.19. The van der Waals surface area contributed by atoms with Crippen molar-refractivity contribution in [1.29, 1.82) is 0 Å². The molecule has 0 aromatic heterocycles. The van der Waals surface area contributed by atoms with Crippen molar-refractivity contribution in [2.24, 2.45) is 0 Å². The molecule has 0 saturated heterocycles. The van der Waals surface area contributed by atoms with Crippen LogP contribution in [0.4, 0.5) is 11.4 Å². The molecule has 0 fully saturated rings. The highest BCUT2D eigenvalue weighted by molar-refractivity contribution is 6.30. The van der Waals surface area contributed by atoms with Crippen LogP contribution in [0.15, 0.2) is 48.5 Å². The molecule has 1 N–H and O–H groups in total. The highest BCUT2D eigenvalue weighted by atomic mass is 35.5. The number of carbonyl (C=O) groups is 3. The maximum Gasteiger partial charge on any atom is 0.339 e. The fourth-order valence-electron chi connectivity index (χ4n) is 2.40. The molecular formula is C19H19ClN2O4. The first kappa shape index (κ1) is 19.5. The van der Waals surface area contributed by atoms with E-state index in [1.165, 1.54) is 18.9 Å². The van der Waals surface area contributed by atoms with Gasteiger partial charge in [0.05, 0.1) is 18.4 Å². The maximum atomic E-state index is 12.3. The Kier molecular flexibility index (Phi) is 6.74. The van der Waals surface area contributed by atoms with Crippen molar-refractivity contribution in [2.45, 2.75) is 13.3 Å². The minimum Gasteiger partial charge on any atom is -0.465 e. The average Bonchev–Trinajstić information content (AvgIpc) is 2.63. The number of rotatable bonds is 6. The molecule has 0 radical (unpaired) electrons. The van der Waals surface area contributed by atoms with Crippen LogP contribution in [-0.4, -0.2) is 31.4 Å². The van der Waals surface area contributed by atoms with Crippen LogP contribution in [-0.2, 0) is 14.3 Å². The number of hydrogen-bond donors (Lipinski definition) is 1. The van der Waals surface area contributed by atoms with E-state index in [9.17, 15) is 14.4 Å². The number of methoxy groups -OCH3 is 1. The molecule has 0 aliphatic heterocycles. The van der Waals surface area contributed by atoms with Crippen LogP contribution in [0.3, 0.4) is 0 Å². The molecule has 0 bridgehead atoms. The Hall–Kier alpha value is -2.86. The van der Waals surface area contributed by atoms with Crippen molar-refractivity contribution in [3.63, 3.8) is 0 Å². The van der Waals surface area contributed by atoms with Gasteiger partial charge in [0.15, 0.2) is 0 Å². The van der Waals surface area contributed by atoms with Gasteiger partial charge in [-0.3, -0.25) is 9.59 Å². The molecule has 2 aromatic carbocycles. The Bertz CT molecular complexity index is 805. The van der Waals surface area contributed by atoms with Crippen molar-refractivity contribution in [3.05, 3.63) is 59.1 Å². The summed E-state index contributed by atoms with van der Waals surface area (Å²) < 4.78 is 4.70. The molecule has 2 rings (SSSR count). The quantitative estimate of drug-likeness (QED) is 0.785. The van der Waals surface area contributed by atoms with Gasteiger partial charge >= 0.3 is 5.97 Å². The Morgan fingerprint density at radius 2 is 1.73 bits per heavy atom. The summed E-state index contributed by atoms with van der Waals surface area (Å²) in [7, 11) is 1.28. The van der Waals surface area contributed by atoms with E-state index in [-0.39, 0.29) is 30.3 Å². The number of esters is 1. The van der Waals surface area contributed by atoms with Gasteiger partial charge in [0, 0.05) is 30.6 Å². The summed E-state index contributed by atoms with van der Waals surface area (Å²) in [6, 6.07) is 13.4. The van der Waals surface area contributed by atoms with E-state index in [4.69, 9.17) is 16.3 Å². The third-order valence-electron chi connectivity index (χ3n) is 3.69. The van der Waals surface area contributed by atoms with E-state index in [1.54, 1.807) is 48.5 Å². The predicted octanol–water partition coefficient (Wildman–Crippen LogP) is 3.51. The van der Waals surface area contributed by atoms with Gasteiger partial charge in [-0.15, -0.1) is 0 Å². The molecule has 0 unspecified atom stereocenters. The van der Waals surface area contributed by atoms with Crippen LogP contribution in [0, 0.1) is 0 Å². The lowest BCUT2D eigenvalue weighted by molar-refractivity contribution is -0.117. The van der Waals surface area contributed by atoms with Crippen molar-refractivity contribution in [1.82, 2.24) is 0 Å². The fourth-order valence-corrected chi connectivity index (χ4v) is 2.52. The minimum absolute atomic E-state index is 0.0672. The number of nitrogens with one attached hydrogen (secondary N) is 1. The Morgan fingerprint density at radius 1 is 1.08 bits per heavy atom. The molecule has 0 heterocycles. The maximum absolute atomic E-state index is 12.3. The zero-order chi connectivity index (χ0) is 19.1. The van der Waals surface area contributed by atoms with E-state index in [1.807, 2.05) is 0 Å². The summed E-state index contributed by atoms with van der Waals surface area (Å²) in [4.78, 5) is 37.4. The normalized spacial score (nSPS) is 10.1. The van der Waals surface area contributed by atoms with Crippen molar-refractivity contribution >= 4 is 40.8 Å². The second-order valence-electron chi connectivity index (χ2n) is 5.48. The van der Waals surface area contributed by atoms with Crippen LogP contribution in [0.25, 0.3) is 0 Å². The lowest BCUT2D eigenvalue weighted by Crippen LogP contribution is -2.32. The number of nitrogens with zero attached hydrogens (tertiary/aromatic N) is 1. The van der Waals surface area contributed by atoms with Crippen LogP contribution in [0.2, 0.25) is 5.02 Å². The molecule has 2 amide bonds. The topological polar surface area (TPSA) is 75.7 Å². The second kappa shape index (κ2) is 9.01. The first-order valence-corrected chi connectivity index (χ1v) is 8.31. The lowest BCUT2D eigenvalue weighted by Gasteiger charge is -2.21. The summed E-state index contributed by atoms with van der Waals surface area (Å²) >= 11 is 5.86. The average molecular weight is 375 g/mol. The van der Waals surface area contributed by atoms with Crippen molar-refractivity contribution in [2.75, 3.05) is 23.9 Å². The molecule has 0 atom stereocenters.